The molecule has 0 saturated carbocycles. The number of hydrogen-bond donors (Lipinski definition) is 1. The Kier molecular flexibility index (Phi) is 7.77. The lowest BCUT2D eigenvalue weighted by Crippen LogP contribution is -2.38. The number of pyridine rings is 1. The van der Waals surface area contributed by atoms with Crippen molar-refractivity contribution in [3.05, 3.63) is 69.1 Å². The van der Waals surface area contributed by atoms with E-state index in [4.69, 9.17) is 0 Å². The van der Waals surface area contributed by atoms with Crippen molar-refractivity contribution in [1.29, 1.82) is 0 Å². The SMILES string of the molecule is CC(C)Cn1cc(C(=O)NCc2ccc(F)cc2F)c(=O)c(C(=O)N2CCCCCC2)c1. The van der Waals surface area contributed by atoms with Gasteiger partial charge in [0.2, 0.25) is 5.43 Å². The van der Waals surface area contributed by atoms with Crippen LogP contribution in [0.1, 0.15) is 65.8 Å². The highest BCUT2D eigenvalue weighted by molar-refractivity contribution is 5.99. The zero-order valence-electron chi connectivity index (χ0n) is 18.5. The van der Waals surface area contributed by atoms with Gasteiger partial charge in [0.05, 0.1) is 0 Å². The molecule has 0 radical (unpaired) electrons. The molecule has 0 bridgehead atoms. The number of halogens is 2. The third-order valence-corrected chi connectivity index (χ3v) is 5.48. The minimum absolute atomic E-state index is 0.0341. The van der Waals surface area contributed by atoms with E-state index in [1.807, 2.05) is 13.8 Å². The van der Waals surface area contributed by atoms with Crippen molar-refractivity contribution in [2.45, 2.75) is 52.6 Å². The number of nitrogens with zero attached hydrogens (tertiary/aromatic N) is 2. The molecule has 0 spiro atoms. The number of carbonyl (C=O) groups is 2. The fourth-order valence-corrected chi connectivity index (χ4v) is 3.85. The highest BCUT2D eigenvalue weighted by Crippen LogP contribution is 2.14. The van der Waals surface area contributed by atoms with Gasteiger partial charge in [0, 0.05) is 50.2 Å². The van der Waals surface area contributed by atoms with Gasteiger partial charge in [-0.15, -0.1) is 0 Å². The van der Waals surface area contributed by atoms with Crippen molar-refractivity contribution in [1.82, 2.24) is 14.8 Å². The van der Waals surface area contributed by atoms with Crippen molar-refractivity contribution >= 4 is 11.8 Å². The number of likely N-dealkylation sites (tertiary alicyclic amines) is 1. The van der Waals surface area contributed by atoms with Crippen LogP contribution in [0, 0.1) is 17.6 Å². The minimum atomic E-state index is -0.785. The molecule has 1 aliphatic heterocycles. The number of hydrogen-bond acceptors (Lipinski definition) is 3. The second-order valence-electron chi connectivity index (χ2n) is 8.63. The van der Waals surface area contributed by atoms with Crippen LogP contribution in [0.3, 0.4) is 0 Å². The van der Waals surface area contributed by atoms with E-state index in [-0.39, 0.29) is 35.1 Å². The number of nitrogens with one attached hydrogen (secondary N) is 1. The van der Waals surface area contributed by atoms with Gasteiger partial charge in [-0.25, -0.2) is 8.78 Å². The Hall–Kier alpha value is -3.03. The maximum Gasteiger partial charge on any atom is 0.259 e. The van der Waals surface area contributed by atoms with Gasteiger partial charge in [0.15, 0.2) is 0 Å². The molecule has 1 N–H and O–H groups in total. The number of aromatic nitrogens is 1. The molecule has 32 heavy (non-hydrogen) atoms. The average Bonchev–Trinajstić information content (AvgIpc) is 3.02. The Morgan fingerprint density at radius 3 is 2.31 bits per heavy atom. The number of rotatable bonds is 6. The van der Waals surface area contributed by atoms with Gasteiger partial charge in [-0.2, -0.15) is 0 Å². The molecule has 2 heterocycles. The molecule has 2 aromatic rings. The summed E-state index contributed by atoms with van der Waals surface area (Å²) in [5, 5.41) is 2.51. The molecule has 2 amide bonds. The molecule has 1 aromatic heterocycles. The molecule has 1 aromatic carbocycles. The lowest BCUT2D eigenvalue weighted by Gasteiger charge is -2.21. The molecule has 3 rings (SSSR count). The van der Waals surface area contributed by atoms with E-state index in [1.54, 1.807) is 9.47 Å². The quantitative estimate of drug-likeness (QED) is 0.737. The zero-order chi connectivity index (χ0) is 23.3. The fraction of sp³-hybridized carbons (Fsp3) is 0.458. The highest BCUT2D eigenvalue weighted by Gasteiger charge is 2.24. The smallest absolute Gasteiger partial charge is 0.259 e. The second kappa shape index (κ2) is 10.5. The van der Waals surface area contributed by atoms with Crippen molar-refractivity contribution < 1.29 is 18.4 Å². The molecular formula is C24H29F2N3O3. The Morgan fingerprint density at radius 2 is 1.69 bits per heavy atom. The van der Waals surface area contributed by atoms with E-state index in [0.29, 0.717) is 19.6 Å². The van der Waals surface area contributed by atoms with Crippen LogP contribution in [-0.2, 0) is 13.1 Å². The van der Waals surface area contributed by atoms with E-state index in [0.717, 1.165) is 37.8 Å². The molecule has 0 atom stereocenters. The third kappa shape index (κ3) is 5.81. The molecule has 0 aliphatic carbocycles. The maximum absolute atomic E-state index is 13.9. The normalized spacial score (nSPS) is 14.3. The van der Waals surface area contributed by atoms with E-state index in [2.05, 4.69) is 5.32 Å². The lowest BCUT2D eigenvalue weighted by molar-refractivity contribution is 0.0759. The topological polar surface area (TPSA) is 71.4 Å². The second-order valence-corrected chi connectivity index (χ2v) is 8.63. The third-order valence-electron chi connectivity index (χ3n) is 5.48. The molecule has 172 valence electrons. The van der Waals surface area contributed by atoms with Gasteiger partial charge < -0.3 is 14.8 Å². The summed E-state index contributed by atoms with van der Waals surface area (Å²) in [7, 11) is 0. The van der Waals surface area contributed by atoms with Crippen molar-refractivity contribution in [2.75, 3.05) is 13.1 Å². The van der Waals surface area contributed by atoms with Crippen LogP contribution in [0.2, 0.25) is 0 Å². The summed E-state index contributed by atoms with van der Waals surface area (Å²) in [4.78, 5) is 40.7. The van der Waals surface area contributed by atoms with Crippen LogP contribution in [0.4, 0.5) is 8.78 Å². The van der Waals surface area contributed by atoms with Gasteiger partial charge >= 0.3 is 0 Å². The Labute approximate surface area is 186 Å². The van der Waals surface area contributed by atoms with Gasteiger partial charge in [0.1, 0.15) is 22.8 Å². The molecule has 1 fully saturated rings. The summed E-state index contributed by atoms with van der Waals surface area (Å²) >= 11 is 0. The van der Waals surface area contributed by atoms with Crippen LogP contribution in [0.25, 0.3) is 0 Å². The first-order chi connectivity index (χ1) is 15.3. The molecule has 8 heteroatoms. The van der Waals surface area contributed by atoms with Crippen molar-refractivity contribution in [3.63, 3.8) is 0 Å². The Bertz CT molecular complexity index is 1040. The summed E-state index contributed by atoms with van der Waals surface area (Å²) in [5.74, 6) is -2.35. The number of benzene rings is 1. The molecule has 1 saturated heterocycles. The summed E-state index contributed by atoms with van der Waals surface area (Å²) in [5.41, 5.74) is -0.752. The predicted octanol–water partition coefficient (Wildman–Crippen LogP) is 3.73. The van der Waals surface area contributed by atoms with Crippen molar-refractivity contribution in [3.8, 4) is 0 Å². The minimum Gasteiger partial charge on any atom is -0.352 e. The van der Waals surface area contributed by atoms with Crippen LogP contribution in [0.15, 0.2) is 35.4 Å². The standard InChI is InChI=1S/C24H29F2N3O3/c1-16(2)13-28-14-19(23(31)27-12-17-7-8-18(25)11-21(17)26)22(30)20(15-28)24(32)29-9-5-3-4-6-10-29/h7-8,11,14-16H,3-6,9-10,12-13H2,1-2H3,(H,27,31). The van der Waals surface area contributed by atoms with Gasteiger partial charge in [-0.1, -0.05) is 32.8 Å². The zero-order valence-corrected chi connectivity index (χ0v) is 18.5. The molecular weight excluding hydrogens is 416 g/mol. The average molecular weight is 446 g/mol. The first-order valence-electron chi connectivity index (χ1n) is 11.0. The van der Waals surface area contributed by atoms with E-state index < -0.39 is 23.0 Å². The largest absolute Gasteiger partial charge is 0.352 e. The van der Waals surface area contributed by atoms with Crippen LogP contribution in [0.5, 0.6) is 0 Å². The lowest BCUT2D eigenvalue weighted by atomic mass is 10.1. The molecule has 0 unspecified atom stereocenters. The molecule has 6 nitrogen and oxygen atoms in total. The van der Waals surface area contributed by atoms with E-state index in [9.17, 15) is 23.2 Å². The summed E-state index contributed by atoms with van der Waals surface area (Å²) < 4.78 is 28.7. The highest BCUT2D eigenvalue weighted by atomic mass is 19.1. The van der Waals surface area contributed by atoms with Gasteiger partial charge in [-0.3, -0.25) is 14.4 Å². The van der Waals surface area contributed by atoms with E-state index in [1.165, 1.54) is 18.5 Å². The molecule has 1 aliphatic rings. The summed E-state index contributed by atoms with van der Waals surface area (Å²) in [6, 6.07) is 3.07. The van der Waals surface area contributed by atoms with E-state index >= 15 is 0 Å². The van der Waals surface area contributed by atoms with Gasteiger partial charge in [-0.05, 0) is 24.8 Å². The number of amides is 2. The first-order valence-corrected chi connectivity index (χ1v) is 11.0. The predicted molar refractivity (Wildman–Crippen MR) is 117 cm³/mol. The van der Waals surface area contributed by atoms with Crippen LogP contribution in [-0.4, -0.2) is 34.4 Å². The van der Waals surface area contributed by atoms with Crippen LogP contribution >= 0.6 is 0 Å². The maximum atomic E-state index is 13.9. The van der Waals surface area contributed by atoms with Crippen LogP contribution < -0.4 is 10.7 Å². The summed E-state index contributed by atoms with van der Waals surface area (Å²) in [6.45, 7) is 5.47. The van der Waals surface area contributed by atoms with Gasteiger partial charge in [0.25, 0.3) is 11.8 Å². The monoisotopic (exact) mass is 445 g/mol. The van der Waals surface area contributed by atoms with Crippen molar-refractivity contribution in [2.24, 2.45) is 5.92 Å². The number of carbonyl (C=O) groups excluding carboxylic acids is 2. The Morgan fingerprint density at radius 1 is 1.03 bits per heavy atom. The Balaban J connectivity index is 1.89. The fourth-order valence-electron chi connectivity index (χ4n) is 3.85. The first kappa shape index (κ1) is 23.6. The summed E-state index contributed by atoms with van der Waals surface area (Å²) in [6.07, 6.45) is 6.81.